The molecule has 4 nitrogen and oxygen atoms in total. The van der Waals surface area contributed by atoms with Crippen LogP contribution in [0.2, 0.25) is 0 Å². The third-order valence-electron chi connectivity index (χ3n) is 2.64. The fraction of sp³-hybridized carbons (Fsp3) is 0.125. The molecule has 2 aromatic carbocycles. The molecule has 0 aromatic heterocycles. The highest BCUT2D eigenvalue weighted by Crippen LogP contribution is 2.02. The van der Waals surface area contributed by atoms with Gasteiger partial charge in [-0.3, -0.25) is 4.79 Å². The molecule has 2 aromatic rings. The number of carbonyl (C=O) groups is 1. The van der Waals surface area contributed by atoms with Crippen molar-refractivity contribution in [1.29, 1.82) is 0 Å². The lowest BCUT2D eigenvalue weighted by atomic mass is 10.1. The number of carbonyl (C=O) groups excluding carboxylic acids is 1. The zero-order valence-corrected chi connectivity index (χ0v) is 12.4. The Labute approximate surface area is 129 Å². The maximum atomic E-state index is 9.76. The second-order valence-corrected chi connectivity index (χ2v) is 4.60. The topological polar surface area (TPSA) is 78.3 Å². The van der Waals surface area contributed by atoms with E-state index >= 15 is 0 Å². The summed E-state index contributed by atoms with van der Waals surface area (Å²) < 4.78 is 4.54. The Morgan fingerprint density at radius 2 is 1.67 bits per heavy atom. The molecule has 0 aliphatic carbocycles. The number of ether oxygens (including phenoxy) is 1. The monoisotopic (exact) mass is 302 g/mol. The van der Waals surface area contributed by atoms with Crippen molar-refractivity contribution < 1.29 is 9.53 Å². The van der Waals surface area contributed by atoms with E-state index in [1.165, 1.54) is 0 Å². The van der Waals surface area contributed by atoms with Gasteiger partial charge in [0, 0.05) is 12.1 Å². The quantitative estimate of drug-likeness (QED) is 0.653. The van der Waals surface area contributed by atoms with Crippen molar-refractivity contribution in [3.05, 3.63) is 71.3 Å². The van der Waals surface area contributed by atoms with Crippen molar-refractivity contribution in [1.82, 2.24) is 0 Å². The molecule has 0 radical (unpaired) electrons. The highest BCUT2D eigenvalue weighted by molar-refractivity contribution is 7.80. The smallest absolute Gasteiger partial charge is 0.293 e. The van der Waals surface area contributed by atoms with Crippen LogP contribution in [0, 0.1) is 0 Å². The maximum absolute atomic E-state index is 9.76. The fourth-order valence-electron chi connectivity index (χ4n) is 1.51. The number of rotatable bonds is 5. The molecule has 0 aliphatic rings. The van der Waals surface area contributed by atoms with Gasteiger partial charge in [-0.05, 0) is 11.1 Å². The molecule has 0 heterocycles. The average Bonchev–Trinajstić information content (AvgIpc) is 2.54. The Morgan fingerprint density at radius 3 is 2.14 bits per heavy atom. The lowest BCUT2D eigenvalue weighted by molar-refractivity contribution is -0.129. The van der Waals surface area contributed by atoms with Crippen molar-refractivity contribution in [2.24, 2.45) is 11.5 Å². The minimum atomic E-state index is 0.365. The highest BCUT2D eigenvalue weighted by atomic mass is 32.1. The number of benzene rings is 2. The van der Waals surface area contributed by atoms with Crippen molar-refractivity contribution in [3.8, 4) is 0 Å². The van der Waals surface area contributed by atoms with Gasteiger partial charge in [0.05, 0.1) is 0 Å². The lowest BCUT2D eigenvalue weighted by Gasteiger charge is -1.98. The Bertz CT molecular complexity index is 556. The lowest BCUT2D eigenvalue weighted by Crippen LogP contribution is -2.09. The molecule has 0 atom stereocenters. The summed E-state index contributed by atoms with van der Waals surface area (Å²) in [5, 5.41) is 0. The largest absolute Gasteiger partial charge is 0.463 e. The first-order valence-corrected chi connectivity index (χ1v) is 6.76. The summed E-state index contributed by atoms with van der Waals surface area (Å²) in [5.74, 6) is 0. The van der Waals surface area contributed by atoms with Crippen LogP contribution in [0.3, 0.4) is 0 Å². The molecule has 0 aliphatic heterocycles. The molecule has 0 amide bonds. The molecular formula is C16H18N2O2S. The summed E-state index contributed by atoms with van der Waals surface area (Å²) >= 11 is 4.79. The molecule has 0 unspecified atom stereocenters. The molecule has 4 N–H and O–H groups in total. The zero-order chi connectivity index (χ0) is 15.5. The van der Waals surface area contributed by atoms with E-state index in [1.54, 1.807) is 0 Å². The summed E-state index contributed by atoms with van der Waals surface area (Å²) in [6, 6.07) is 17.2. The molecule has 0 saturated heterocycles. The van der Waals surface area contributed by atoms with E-state index in [9.17, 15) is 4.79 Å². The summed E-state index contributed by atoms with van der Waals surface area (Å²) in [5.41, 5.74) is 13.8. The molecule has 2 rings (SSSR count). The van der Waals surface area contributed by atoms with Crippen LogP contribution in [0.25, 0.3) is 0 Å². The van der Waals surface area contributed by atoms with Crippen LogP contribution >= 0.6 is 12.2 Å². The van der Waals surface area contributed by atoms with E-state index in [1.807, 2.05) is 54.6 Å². The average molecular weight is 302 g/mol. The van der Waals surface area contributed by atoms with Crippen LogP contribution in [-0.4, -0.2) is 11.5 Å². The van der Waals surface area contributed by atoms with E-state index in [-0.39, 0.29) is 0 Å². The molecule has 0 fully saturated rings. The first-order chi connectivity index (χ1) is 10.2. The van der Waals surface area contributed by atoms with E-state index in [2.05, 4.69) is 4.74 Å². The molecular weight excluding hydrogens is 284 g/mol. The Morgan fingerprint density at radius 1 is 1.05 bits per heavy atom. The molecule has 0 bridgehead atoms. The van der Waals surface area contributed by atoms with E-state index < -0.39 is 0 Å². The summed E-state index contributed by atoms with van der Waals surface area (Å²) in [6.07, 6.45) is 0. The van der Waals surface area contributed by atoms with Gasteiger partial charge in [0.2, 0.25) is 0 Å². The van der Waals surface area contributed by atoms with Gasteiger partial charge in [-0.25, -0.2) is 0 Å². The number of hydrogen-bond donors (Lipinski definition) is 2. The van der Waals surface area contributed by atoms with E-state index in [0.717, 1.165) is 16.7 Å². The highest BCUT2D eigenvalue weighted by Gasteiger charge is 1.94. The molecule has 0 saturated carbocycles. The third kappa shape index (κ3) is 6.65. The molecule has 110 valence electrons. The van der Waals surface area contributed by atoms with Crippen LogP contribution in [-0.2, 0) is 22.7 Å². The molecule has 5 heteroatoms. The fourth-order valence-corrected chi connectivity index (χ4v) is 1.65. The van der Waals surface area contributed by atoms with Crippen LogP contribution < -0.4 is 11.5 Å². The second-order valence-electron chi connectivity index (χ2n) is 4.16. The summed E-state index contributed by atoms with van der Waals surface area (Å²) in [6.45, 7) is 1.37. The normalized spacial score (nSPS) is 9.19. The van der Waals surface area contributed by atoms with Gasteiger partial charge in [-0.2, -0.15) is 0 Å². The first kappa shape index (κ1) is 16.8. The van der Waals surface area contributed by atoms with Gasteiger partial charge in [0.25, 0.3) is 6.47 Å². The van der Waals surface area contributed by atoms with Crippen LogP contribution in [0.1, 0.15) is 16.7 Å². The number of thiocarbonyl (C=S) groups is 1. The van der Waals surface area contributed by atoms with Gasteiger partial charge in [0.1, 0.15) is 11.6 Å². The Balaban J connectivity index is 0.000000211. The Kier molecular flexibility index (Phi) is 7.71. The van der Waals surface area contributed by atoms with Crippen LogP contribution in [0.4, 0.5) is 0 Å². The van der Waals surface area contributed by atoms with Crippen molar-refractivity contribution >= 4 is 23.7 Å². The van der Waals surface area contributed by atoms with Crippen LogP contribution in [0.15, 0.2) is 54.6 Å². The zero-order valence-electron chi connectivity index (χ0n) is 11.6. The van der Waals surface area contributed by atoms with Crippen molar-refractivity contribution in [2.45, 2.75) is 13.2 Å². The predicted molar refractivity (Wildman–Crippen MR) is 87.5 cm³/mol. The predicted octanol–water partition coefficient (Wildman–Crippen LogP) is 2.14. The van der Waals surface area contributed by atoms with Gasteiger partial charge < -0.3 is 16.2 Å². The van der Waals surface area contributed by atoms with Gasteiger partial charge in [0.15, 0.2) is 0 Å². The van der Waals surface area contributed by atoms with Crippen molar-refractivity contribution in [3.63, 3.8) is 0 Å². The minimum Gasteiger partial charge on any atom is -0.463 e. The van der Waals surface area contributed by atoms with E-state index in [0.29, 0.717) is 24.6 Å². The van der Waals surface area contributed by atoms with Gasteiger partial charge >= 0.3 is 0 Å². The number of nitrogens with two attached hydrogens (primary N) is 2. The van der Waals surface area contributed by atoms with Crippen LogP contribution in [0.5, 0.6) is 0 Å². The van der Waals surface area contributed by atoms with E-state index in [4.69, 9.17) is 23.7 Å². The second kappa shape index (κ2) is 9.63. The number of hydrogen-bond acceptors (Lipinski definition) is 4. The SMILES string of the molecule is NCc1ccc(C(N)=S)cc1.O=COCc1ccccc1. The molecule has 0 spiro atoms. The van der Waals surface area contributed by atoms with Crippen molar-refractivity contribution in [2.75, 3.05) is 0 Å². The Hall–Kier alpha value is -2.24. The minimum absolute atomic E-state index is 0.365. The third-order valence-corrected chi connectivity index (χ3v) is 2.87. The standard InChI is InChI=1S/C8H10N2S.C8H8O2/c9-5-6-1-3-7(4-2-6)8(10)11;9-7-10-6-8-4-2-1-3-5-8/h1-4H,5,9H2,(H2,10,11);1-5,7H,6H2. The summed E-state index contributed by atoms with van der Waals surface area (Å²) in [7, 11) is 0. The molecule has 21 heavy (non-hydrogen) atoms. The van der Waals surface area contributed by atoms with Gasteiger partial charge in [-0.1, -0.05) is 66.8 Å². The maximum Gasteiger partial charge on any atom is 0.293 e. The van der Waals surface area contributed by atoms with Gasteiger partial charge in [-0.15, -0.1) is 0 Å². The summed E-state index contributed by atoms with van der Waals surface area (Å²) in [4.78, 5) is 10.2. The first-order valence-electron chi connectivity index (χ1n) is 6.35.